The largest absolute Gasteiger partial charge is 0.388 e. The third kappa shape index (κ3) is 3.47. The monoisotopic (exact) mass is 275 g/mol. The van der Waals surface area contributed by atoms with Gasteiger partial charge >= 0.3 is 0 Å². The molecule has 84 valence electrons. The first-order valence-corrected chi connectivity index (χ1v) is 5.54. The molecule has 0 aromatic heterocycles. The van der Waals surface area contributed by atoms with Crippen molar-refractivity contribution in [3.8, 4) is 0 Å². The predicted molar refractivity (Wildman–Crippen MR) is 63.5 cm³/mol. The molecule has 0 amide bonds. The molecule has 0 spiro atoms. The minimum absolute atomic E-state index is 0.116. The standard InChI is InChI=1S/C11H15BrFNO/c1-7(11(2,3)15)14-8-4-5-10(13)9(12)6-8/h4-7,14-15H,1-3H3. The maximum absolute atomic E-state index is 12.9. The van der Waals surface area contributed by atoms with Gasteiger partial charge in [-0.2, -0.15) is 0 Å². The molecule has 0 aliphatic rings. The molecule has 4 heteroatoms. The summed E-state index contributed by atoms with van der Waals surface area (Å²) in [5.41, 5.74) is -0.0428. The molecular formula is C11H15BrFNO. The van der Waals surface area contributed by atoms with Crippen molar-refractivity contribution in [3.05, 3.63) is 28.5 Å². The third-order valence-electron chi connectivity index (χ3n) is 2.36. The lowest BCUT2D eigenvalue weighted by Crippen LogP contribution is -2.39. The van der Waals surface area contributed by atoms with E-state index >= 15 is 0 Å². The van der Waals surface area contributed by atoms with Crippen LogP contribution in [0, 0.1) is 5.82 Å². The minimum atomic E-state index is -0.819. The lowest BCUT2D eigenvalue weighted by molar-refractivity contribution is 0.0649. The molecule has 0 fully saturated rings. The maximum atomic E-state index is 12.9. The summed E-state index contributed by atoms with van der Waals surface area (Å²) in [5, 5.41) is 12.8. The molecule has 2 N–H and O–H groups in total. The van der Waals surface area contributed by atoms with E-state index in [4.69, 9.17) is 0 Å². The molecule has 0 heterocycles. The van der Waals surface area contributed by atoms with E-state index in [2.05, 4.69) is 21.2 Å². The summed E-state index contributed by atoms with van der Waals surface area (Å²) in [6, 6.07) is 4.55. The number of anilines is 1. The Hall–Kier alpha value is -0.610. The summed E-state index contributed by atoms with van der Waals surface area (Å²) in [7, 11) is 0. The van der Waals surface area contributed by atoms with Crippen LogP contribution in [0.5, 0.6) is 0 Å². The second-order valence-electron chi connectivity index (χ2n) is 4.15. The summed E-state index contributed by atoms with van der Waals surface area (Å²) in [6.45, 7) is 5.32. The van der Waals surface area contributed by atoms with Gasteiger partial charge in [0, 0.05) is 5.69 Å². The summed E-state index contributed by atoms with van der Waals surface area (Å²) in [5.74, 6) is -0.295. The highest BCUT2D eigenvalue weighted by atomic mass is 79.9. The fourth-order valence-electron chi connectivity index (χ4n) is 1.01. The lowest BCUT2D eigenvalue weighted by Gasteiger charge is -2.27. The van der Waals surface area contributed by atoms with E-state index in [1.54, 1.807) is 26.0 Å². The van der Waals surface area contributed by atoms with Gasteiger partial charge in [0.1, 0.15) is 5.82 Å². The molecule has 1 aromatic rings. The van der Waals surface area contributed by atoms with E-state index < -0.39 is 5.60 Å². The highest BCUT2D eigenvalue weighted by molar-refractivity contribution is 9.10. The van der Waals surface area contributed by atoms with E-state index in [9.17, 15) is 9.50 Å². The molecule has 2 nitrogen and oxygen atoms in total. The molecule has 0 aliphatic heterocycles. The number of hydrogen-bond donors (Lipinski definition) is 2. The number of rotatable bonds is 3. The second-order valence-corrected chi connectivity index (χ2v) is 5.00. The summed E-state index contributed by atoms with van der Waals surface area (Å²) < 4.78 is 13.4. The van der Waals surface area contributed by atoms with Crippen LogP contribution in [-0.4, -0.2) is 16.7 Å². The Morgan fingerprint density at radius 3 is 2.53 bits per heavy atom. The Balaban J connectivity index is 2.78. The van der Waals surface area contributed by atoms with Gasteiger partial charge in [-0.3, -0.25) is 0 Å². The first-order chi connectivity index (χ1) is 6.80. The highest BCUT2D eigenvalue weighted by Gasteiger charge is 2.21. The molecule has 15 heavy (non-hydrogen) atoms. The average Bonchev–Trinajstić information content (AvgIpc) is 2.10. The number of halogens is 2. The van der Waals surface area contributed by atoms with Crippen LogP contribution >= 0.6 is 15.9 Å². The van der Waals surface area contributed by atoms with Crippen LogP contribution in [0.2, 0.25) is 0 Å². The smallest absolute Gasteiger partial charge is 0.137 e. The molecule has 1 aromatic carbocycles. The Bertz CT molecular complexity index is 349. The normalized spacial score (nSPS) is 13.7. The SMILES string of the molecule is CC(Nc1ccc(F)c(Br)c1)C(C)(C)O. The van der Waals surface area contributed by atoms with Gasteiger partial charge in [-0.25, -0.2) is 4.39 Å². The molecule has 0 radical (unpaired) electrons. The van der Waals surface area contributed by atoms with E-state index in [0.717, 1.165) is 5.69 Å². The van der Waals surface area contributed by atoms with Gasteiger partial charge < -0.3 is 10.4 Å². The molecule has 0 saturated carbocycles. The Morgan fingerprint density at radius 2 is 2.07 bits per heavy atom. The van der Waals surface area contributed by atoms with E-state index in [1.165, 1.54) is 6.07 Å². The Kier molecular flexibility index (Phi) is 3.73. The van der Waals surface area contributed by atoms with Crippen LogP contribution in [0.15, 0.2) is 22.7 Å². The molecule has 0 aliphatic carbocycles. The molecule has 1 atom stereocenters. The van der Waals surface area contributed by atoms with Gasteiger partial charge in [-0.1, -0.05) is 0 Å². The van der Waals surface area contributed by atoms with E-state index in [1.807, 2.05) is 6.92 Å². The molecule has 0 saturated heterocycles. The Labute approximate surface area is 97.6 Å². The van der Waals surface area contributed by atoms with Crippen LogP contribution < -0.4 is 5.32 Å². The van der Waals surface area contributed by atoms with E-state index in [0.29, 0.717) is 4.47 Å². The zero-order chi connectivity index (χ0) is 11.6. The zero-order valence-electron chi connectivity index (χ0n) is 9.01. The van der Waals surface area contributed by atoms with Gasteiger partial charge in [0.2, 0.25) is 0 Å². The van der Waals surface area contributed by atoms with Gasteiger partial charge in [0.15, 0.2) is 0 Å². The van der Waals surface area contributed by atoms with Crippen molar-refractivity contribution in [1.82, 2.24) is 0 Å². The first-order valence-electron chi connectivity index (χ1n) is 4.74. The van der Waals surface area contributed by atoms with Crippen LogP contribution in [0.4, 0.5) is 10.1 Å². The average molecular weight is 276 g/mol. The van der Waals surface area contributed by atoms with Crippen LogP contribution in [0.3, 0.4) is 0 Å². The topological polar surface area (TPSA) is 32.3 Å². The molecular weight excluding hydrogens is 261 g/mol. The fraction of sp³-hybridized carbons (Fsp3) is 0.455. The minimum Gasteiger partial charge on any atom is -0.388 e. The highest BCUT2D eigenvalue weighted by Crippen LogP contribution is 2.22. The summed E-state index contributed by atoms with van der Waals surface area (Å²) in [6.07, 6.45) is 0. The Morgan fingerprint density at radius 1 is 1.47 bits per heavy atom. The van der Waals surface area contributed by atoms with Crippen LogP contribution in [-0.2, 0) is 0 Å². The molecule has 1 unspecified atom stereocenters. The van der Waals surface area contributed by atoms with Crippen LogP contribution in [0.1, 0.15) is 20.8 Å². The second kappa shape index (κ2) is 4.49. The fourth-order valence-corrected chi connectivity index (χ4v) is 1.39. The predicted octanol–water partition coefficient (Wildman–Crippen LogP) is 3.16. The van der Waals surface area contributed by atoms with Crippen molar-refractivity contribution in [3.63, 3.8) is 0 Å². The van der Waals surface area contributed by atoms with Crippen molar-refractivity contribution in [1.29, 1.82) is 0 Å². The first kappa shape index (κ1) is 12.5. The quantitative estimate of drug-likeness (QED) is 0.888. The molecule has 1 rings (SSSR count). The maximum Gasteiger partial charge on any atom is 0.137 e. The van der Waals surface area contributed by atoms with Crippen molar-refractivity contribution < 1.29 is 9.50 Å². The third-order valence-corrected chi connectivity index (χ3v) is 2.97. The zero-order valence-corrected chi connectivity index (χ0v) is 10.6. The number of benzene rings is 1. The number of nitrogens with one attached hydrogen (secondary N) is 1. The van der Waals surface area contributed by atoms with Gasteiger partial charge in [-0.15, -0.1) is 0 Å². The van der Waals surface area contributed by atoms with Gasteiger partial charge in [0.25, 0.3) is 0 Å². The van der Waals surface area contributed by atoms with Crippen molar-refractivity contribution in [2.75, 3.05) is 5.32 Å². The lowest BCUT2D eigenvalue weighted by atomic mass is 10.0. The van der Waals surface area contributed by atoms with Crippen molar-refractivity contribution in [2.45, 2.75) is 32.4 Å². The number of aliphatic hydroxyl groups is 1. The van der Waals surface area contributed by atoms with Crippen LogP contribution in [0.25, 0.3) is 0 Å². The molecule has 0 bridgehead atoms. The number of hydrogen-bond acceptors (Lipinski definition) is 2. The van der Waals surface area contributed by atoms with Gasteiger partial charge in [-0.05, 0) is 54.9 Å². The van der Waals surface area contributed by atoms with Crippen molar-refractivity contribution in [2.24, 2.45) is 0 Å². The summed E-state index contributed by atoms with van der Waals surface area (Å²) in [4.78, 5) is 0. The summed E-state index contributed by atoms with van der Waals surface area (Å²) >= 11 is 3.11. The van der Waals surface area contributed by atoms with Gasteiger partial charge in [0.05, 0.1) is 16.1 Å². The van der Waals surface area contributed by atoms with E-state index in [-0.39, 0.29) is 11.9 Å². The van der Waals surface area contributed by atoms with Crippen molar-refractivity contribution >= 4 is 21.6 Å².